The highest BCUT2D eigenvalue weighted by atomic mass is 32.1. The minimum absolute atomic E-state index is 0.116. The van der Waals surface area contributed by atoms with Crippen molar-refractivity contribution in [1.29, 1.82) is 0 Å². The van der Waals surface area contributed by atoms with Gasteiger partial charge in [-0.2, -0.15) is 0 Å². The fourth-order valence-corrected chi connectivity index (χ4v) is 3.79. The van der Waals surface area contributed by atoms with Gasteiger partial charge < -0.3 is 15.4 Å². The molecule has 1 aromatic carbocycles. The zero-order valence-corrected chi connectivity index (χ0v) is 17.1. The van der Waals surface area contributed by atoms with Gasteiger partial charge in [-0.05, 0) is 50.0 Å². The Labute approximate surface area is 169 Å². The molecule has 1 aromatic heterocycles. The van der Waals surface area contributed by atoms with Gasteiger partial charge in [0.1, 0.15) is 5.75 Å². The summed E-state index contributed by atoms with van der Waals surface area (Å²) in [4.78, 5) is 31.2. The molecule has 0 spiro atoms. The lowest BCUT2D eigenvalue weighted by atomic mass is 9.99. The van der Waals surface area contributed by atoms with Gasteiger partial charge in [0, 0.05) is 17.5 Å². The van der Waals surface area contributed by atoms with E-state index >= 15 is 0 Å². The molecule has 2 N–H and O–H groups in total. The molecule has 2 aromatic rings. The third kappa shape index (κ3) is 5.77. The van der Waals surface area contributed by atoms with Crippen LogP contribution in [0.3, 0.4) is 0 Å². The summed E-state index contributed by atoms with van der Waals surface area (Å²) in [6.07, 6.45) is 2.45. The first kappa shape index (κ1) is 20.3. The molecule has 0 atom stereocenters. The lowest BCUT2D eigenvalue weighted by Crippen LogP contribution is -2.33. The van der Waals surface area contributed by atoms with E-state index < -0.39 is 0 Å². The molecule has 2 amide bonds. The number of piperidine rings is 1. The van der Waals surface area contributed by atoms with E-state index in [9.17, 15) is 9.59 Å². The molecule has 150 valence electrons. The van der Waals surface area contributed by atoms with Crippen LogP contribution in [-0.2, 0) is 11.3 Å². The molecule has 0 aliphatic carbocycles. The Morgan fingerprint density at radius 1 is 1.32 bits per heavy atom. The van der Waals surface area contributed by atoms with Crippen molar-refractivity contribution in [3.63, 3.8) is 0 Å². The summed E-state index contributed by atoms with van der Waals surface area (Å²) < 4.78 is 5.10. The molecule has 8 heteroatoms. The Morgan fingerprint density at radius 2 is 2.11 bits per heavy atom. The van der Waals surface area contributed by atoms with E-state index in [0.29, 0.717) is 16.4 Å². The third-order valence-corrected chi connectivity index (χ3v) is 5.61. The fourth-order valence-electron chi connectivity index (χ4n) is 3.08. The van der Waals surface area contributed by atoms with E-state index in [2.05, 4.69) is 27.4 Å². The normalized spacial score (nSPS) is 15.2. The lowest BCUT2D eigenvalue weighted by Gasteiger charge is -2.29. The quantitative estimate of drug-likeness (QED) is 0.744. The molecule has 2 heterocycles. The highest BCUT2D eigenvalue weighted by Gasteiger charge is 2.17. The average Bonchev–Trinajstić information content (AvgIpc) is 3.14. The summed E-state index contributed by atoms with van der Waals surface area (Å²) >= 11 is 1.40. The standard InChI is InChI=1S/C20H26N4O3S/c1-14-6-8-24(9-7-14)12-16-13-28-20(22-16)23-18(25)11-21-19(26)15-4-3-5-17(10-15)27-2/h3-5,10,13-14H,6-9,11-12H2,1-2H3,(H,21,26)(H,22,23,25). The number of ether oxygens (including phenoxy) is 1. The fraction of sp³-hybridized carbons (Fsp3) is 0.450. The van der Waals surface area contributed by atoms with Crippen molar-refractivity contribution in [2.75, 3.05) is 32.1 Å². The number of nitrogens with zero attached hydrogens (tertiary/aromatic N) is 2. The summed E-state index contributed by atoms with van der Waals surface area (Å²) in [5, 5.41) is 7.89. The number of carbonyl (C=O) groups is 2. The zero-order valence-electron chi connectivity index (χ0n) is 16.2. The summed E-state index contributed by atoms with van der Waals surface area (Å²) in [5.74, 6) is 0.765. The van der Waals surface area contributed by atoms with Crippen molar-refractivity contribution >= 4 is 28.3 Å². The Balaban J connectivity index is 1.44. The number of hydrogen-bond donors (Lipinski definition) is 2. The van der Waals surface area contributed by atoms with Gasteiger partial charge in [-0.15, -0.1) is 11.3 Å². The van der Waals surface area contributed by atoms with Crippen molar-refractivity contribution in [2.24, 2.45) is 5.92 Å². The molecule has 7 nitrogen and oxygen atoms in total. The van der Waals surface area contributed by atoms with E-state index in [4.69, 9.17) is 4.74 Å². The number of amides is 2. The number of thiazole rings is 1. The molecule has 0 unspecified atom stereocenters. The number of rotatable bonds is 7. The smallest absolute Gasteiger partial charge is 0.251 e. The van der Waals surface area contributed by atoms with Crippen molar-refractivity contribution in [3.05, 3.63) is 40.9 Å². The molecule has 1 saturated heterocycles. The molecule has 0 bridgehead atoms. The highest BCUT2D eigenvalue weighted by molar-refractivity contribution is 7.13. The van der Waals surface area contributed by atoms with Crippen LogP contribution < -0.4 is 15.4 Å². The number of carbonyl (C=O) groups excluding carboxylic acids is 2. The number of anilines is 1. The van der Waals surface area contributed by atoms with Crippen LogP contribution >= 0.6 is 11.3 Å². The Hall–Kier alpha value is -2.45. The largest absolute Gasteiger partial charge is 0.497 e. The van der Waals surface area contributed by atoms with E-state index in [1.807, 2.05) is 5.38 Å². The summed E-state index contributed by atoms with van der Waals surface area (Å²) in [6.45, 7) is 5.18. The van der Waals surface area contributed by atoms with Crippen LogP contribution in [0.4, 0.5) is 5.13 Å². The van der Waals surface area contributed by atoms with E-state index in [0.717, 1.165) is 31.2 Å². The van der Waals surface area contributed by atoms with Crippen molar-refractivity contribution < 1.29 is 14.3 Å². The van der Waals surface area contributed by atoms with Gasteiger partial charge in [-0.25, -0.2) is 4.98 Å². The van der Waals surface area contributed by atoms with Gasteiger partial charge in [0.25, 0.3) is 5.91 Å². The number of nitrogens with one attached hydrogen (secondary N) is 2. The van der Waals surface area contributed by atoms with Gasteiger partial charge in [0.15, 0.2) is 5.13 Å². The van der Waals surface area contributed by atoms with Crippen LogP contribution in [0.5, 0.6) is 5.75 Å². The monoisotopic (exact) mass is 402 g/mol. The van der Waals surface area contributed by atoms with Crippen LogP contribution in [0.25, 0.3) is 0 Å². The molecule has 0 radical (unpaired) electrons. The van der Waals surface area contributed by atoms with Crippen molar-refractivity contribution in [3.8, 4) is 5.75 Å². The van der Waals surface area contributed by atoms with E-state index in [1.54, 1.807) is 31.4 Å². The minimum Gasteiger partial charge on any atom is -0.497 e. The molecule has 1 aliphatic heterocycles. The lowest BCUT2D eigenvalue weighted by molar-refractivity contribution is -0.115. The van der Waals surface area contributed by atoms with Crippen LogP contribution in [0.15, 0.2) is 29.6 Å². The SMILES string of the molecule is COc1cccc(C(=O)NCC(=O)Nc2nc(CN3CCC(C)CC3)cs2)c1. The number of hydrogen-bond acceptors (Lipinski definition) is 6. The van der Waals surface area contributed by atoms with Gasteiger partial charge in [-0.1, -0.05) is 13.0 Å². The highest BCUT2D eigenvalue weighted by Crippen LogP contribution is 2.21. The van der Waals surface area contributed by atoms with Crippen LogP contribution in [0.1, 0.15) is 35.8 Å². The van der Waals surface area contributed by atoms with E-state index in [1.165, 1.54) is 24.2 Å². The molecule has 28 heavy (non-hydrogen) atoms. The van der Waals surface area contributed by atoms with Gasteiger partial charge in [0.05, 0.1) is 19.3 Å². The van der Waals surface area contributed by atoms with Crippen LogP contribution in [0.2, 0.25) is 0 Å². The average molecular weight is 403 g/mol. The molecule has 1 fully saturated rings. The topological polar surface area (TPSA) is 83.6 Å². The molecular weight excluding hydrogens is 376 g/mol. The number of methoxy groups -OCH3 is 1. The van der Waals surface area contributed by atoms with Crippen LogP contribution in [-0.4, -0.2) is 48.4 Å². The molecule has 3 rings (SSSR count). The van der Waals surface area contributed by atoms with Gasteiger partial charge in [-0.3, -0.25) is 14.5 Å². The second-order valence-corrected chi connectivity index (χ2v) is 7.92. The van der Waals surface area contributed by atoms with Crippen molar-refractivity contribution in [1.82, 2.24) is 15.2 Å². The van der Waals surface area contributed by atoms with Gasteiger partial charge in [0.2, 0.25) is 5.91 Å². The molecule has 1 aliphatic rings. The number of likely N-dealkylation sites (tertiary alicyclic amines) is 1. The maximum atomic E-state index is 12.2. The van der Waals surface area contributed by atoms with Crippen LogP contribution in [0, 0.1) is 5.92 Å². The summed E-state index contributed by atoms with van der Waals surface area (Å²) in [5.41, 5.74) is 1.41. The Morgan fingerprint density at radius 3 is 2.86 bits per heavy atom. The van der Waals surface area contributed by atoms with E-state index in [-0.39, 0.29) is 18.4 Å². The van der Waals surface area contributed by atoms with Crippen molar-refractivity contribution in [2.45, 2.75) is 26.3 Å². The maximum absolute atomic E-state index is 12.2. The second-order valence-electron chi connectivity index (χ2n) is 7.07. The Kier molecular flexibility index (Phi) is 7.00. The first-order valence-electron chi connectivity index (χ1n) is 9.42. The Bertz CT molecular complexity index is 815. The second kappa shape index (κ2) is 9.66. The zero-order chi connectivity index (χ0) is 19.9. The maximum Gasteiger partial charge on any atom is 0.251 e. The number of benzene rings is 1. The first-order valence-corrected chi connectivity index (χ1v) is 10.3. The number of aromatic nitrogens is 1. The third-order valence-electron chi connectivity index (χ3n) is 4.80. The van der Waals surface area contributed by atoms with Gasteiger partial charge >= 0.3 is 0 Å². The molecule has 0 saturated carbocycles. The predicted molar refractivity (Wildman–Crippen MR) is 110 cm³/mol. The summed E-state index contributed by atoms with van der Waals surface area (Å²) in [7, 11) is 1.54. The summed E-state index contributed by atoms with van der Waals surface area (Å²) in [6, 6.07) is 6.79. The first-order chi connectivity index (χ1) is 13.5. The predicted octanol–water partition coefficient (Wildman–Crippen LogP) is 2.75. The minimum atomic E-state index is -0.326. The molecular formula is C20H26N4O3S.